The largest absolute Gasteiger partial charge is 0.310 e. The third-order valence-corrected chi connectivity index (χ3v) is 4.35. The maximum Gasteiger partial charge on any atom is 0.0408 e. The molecule has 0 spiro atoms. The zero-order chi connectivity index (χ0) is 15.4. The summed E-state index contributed by atoms with van der Waals surface area (Å²) in [7, 11) is 0. The van der Waals surface area contributed by atoms with Gasteiger partial charge in [0.05, 0.1) is 0 Å². The van der Waals surface area contributed by atoms with Gasteiger partial charge in [-0.1, -0.05) is 42.8 Å². The van der Waals surface area contributed by atoms with Crippen molar-refractivity contribution in [1.29, 1.82) is 0 Å². The summed E-state index contributed by atoms with van der Waals surface area (Å²) in [6.45, 7) is 9.64. The Bertz CT molecular complexity index is 599. The number of hydrogen-bond donors (Lipinski definition) is 1. The first-order chi connectivity index (χ1) is 10.0. The van der Waals surface area contributed by atoms with E-state index in [0.717, 1.165) is 18.0 Å². The smallest absolute Gasteiger partial charge is 0.0408 e. The van der Waals surface area contributed by atoms with Crippen LogP contribution >= 0.6 is 11.6 Å². The van der Waals surface area contributed by atoms with Crippen LogP contribution in [0.5, 0.6) is 0 Å². The summed E-state index contributed by atoms with van der Waals surface area (Å²) in [5, 5.41) is 4.42. The zero-order valence-electron chi connectivity index (χ0n) is 13.3. The third kappa shape index (κ3) is 3.87. The first kappa shape index (κ1) is 16.1. The molecule has 0 heterocycles. The van der Waals surface area contributed by atoms with E-state index in [1.54, 1.807) is 0 Å². The van der Waals surface area contributed by atoms with Gasteiger partial charge in [-0.05, 0) is 73.7 Å². The second-order valence-electron chi connectivity index (χ2n) is 5.69. The molecule has 0 fully saturated rings. The van der Waals surface area contributed by atoms with Gasteiger partial charge in [0.25, 0.3) is 0 Å². The van der Waals surface area contributed by atoms with Gasteiger partial charge in [0.15, 0.2) is 0 Å². The Balaban J connectivity index is 2.35. The van der Waals surface area contributed by atoms with Crippen LogP contribution in [-0.4, -0.2) is 6.54 Å². The molecule has 1 atom stereocenters. The van der Waals surface area contributed by atoms with E-state index in [1.807, 2.05) is 12.1 Å². The van der Waals surface area contributed by atoms with Crippen molar-refractivity contribution in [2.45, 2.75) is 40.2 Å². The average Bonchev–Trinajstić information content (AvgIpc) is 2.42. The highest BCUT2D eigenvalue weighted by Crippen LogP contribution is 2.26. The molecule has 112 valence electrons. The summed E-state index contributed by atoms with van der Waals surface area (Å²) in [6.07, 6.45) is 1.01. The number of nitrogens with one attached hydrogen (secondary N) is 1. The van der Waals surface area contributed by atoms with Crippen LogP contribution in [0.3, 0.4) is 0 Å². The topological polar surface area (TPSA) is 12.0 Å². The van der Waals surface area contributed by atoms with Crippen LogP contribution in [0.15, 0.2) is 36.4 Å². The highest BCUT2D eigenvalue weighted by atomic mass is 35.5. The first-order valence-corrected chi connectivity index (χ1v) is 7.95. The van der Waals surface area contributed by atoms with Gasteiger partial charge in [0, 0.05) is 11.1 Å². The van der Waals surface area contributed by atoms with Gasteiger partial charge in [0.2, 0.25) is 0 Å². The van der Waals surface area contributed by atoms with Crippen molar-refractivity contribution >= 4 is 11.6 Å². The molecule has 1 N–H and O–H groups in total. The van der Waals surface area contributed by atoms with Crippen molar-refractivity contribution < 1.29 is 0 Å². The van der Waals surface area contributed by atoms with E-state index in [0.29, 0.717) is 6.04 Å². The maximum absolute atomic E-state index is 6.09. The van der Waals surface area contributed by atoms with Gasteiger partial charge in [-0.3, -0.25) is 0 Å². The molecule has 0 amide bonds. The Kier molecular flexibility index (Phi) is 5.44. The fraction of sp³-hybridized carbons (Fsp3) is 0.368. The van der Waals surface area contributed by atoms with Crippen LogP contribution in [0.25, 0.3) is 0 Å². The molecule has 0 bridgehead atoms. The van der Waals surface area contributed by atoms with Crippen LogP contribution < -0.4 is 5.32 Å². The molecule has 0 radical (unpaired) electrons. The Morgan fingerprint density at radius 1 is 1.00 bits per heavy atom. The normalized spacial score (nSPS) is 12.4. The molecule has 21 heavy (non-hydrogen) atoms. The summed E-state index contributed by atoms with van der Waals surface area (Å²) in [5.41, 5.74) is 6.76. The lowest BCUT2D eigenvalue weighted by Crippen LogP contribution is -2.24. The van der Waals surface area contributed by atoms with Gasteiger partial charge in [-0.2, -0.15) is 0 Å². The molecule has 0 aliphatic carbocycles. The maximum atomic E-state index is 6.09. The third-order valence-electron chi connectivity index (χ3n) is 4.11. The summed E-state index contributed by atoms with van der Waals surface area (Å²) < 4.78 is 0. The second kappa shape index (κ2) is 7.11. The molecule has 2 rings (SSSR count). The van der Waals surface area contributed by atoms with Crippen LogP contribution in [0.1, 0.15) is 40.8 Å². The quantitative estimate of drug-likeness (QED) is 0.804. The van der Waals surface area contributed by atoms with Crippen LogP contribution in [0.4, 0.5) is 0 Å². The Labute approximate surface area is 133 Å². The summed E-state index contributed by atoms with van der Waals surface area (Å²) in [5.74, 6) is 0. The summed E-state index contributed by atoms with van der Waals surface area (Å²) in [4.78, 5) is 0. The molecule has 0 saturated carbocycles. The van der Waals surface area contributed by atoms with E-state index in [2.05, 4.69) is 57.3 Å². The second-order valence-corrected chi connectivity index (χ2v) is 6.12. The van der Waals surface area contributed by atoms with E-state index in [9.17, 15) is 0 Å². The highest BCUT2D eigenvalue weighted by Gasteiger charge is 2.16. The average molecular weight is 302 g/mol. The molecule has 1 nitrogen and oxygen atoms in total. The van der Waals surface area contributed by atoms with Crippen molar-refractivity contribution in [3.63, 3.8) is 0 Å². The predicted octanol–water partition coefficient (Wildman–Crippen LogP) is 5.16. The molecule has 0 aromatic heterocycles. The molecule has 1 unspecified atom stereocenters. The minimum absolute atomic E-state index is 0.326. The number of aryl methyl sites for hydroxylation is 3. The van der Waals surface area contributed by atoms with Crippen LogP contribution in [0.2, 0.25) is 5.02 Å². The van der Waals surface area contributed by atoms with Gasteiger partial charge in [-0.25, -0.2) is 0 Å². The molecule has 0 aliphatic rings. The number of likely N-dealkylation sites (N-methyl/N-ethyl adjacent to an activating group) is 1. The van der Waals surface area contributed by atoms with Gasteiger partial charge >= 0.3 is 0 Å². The number of rotatable bonds is 5. The van der Waals surface area contributed by atoms with E-state index in [4.69, 9.17) is 11.6 Å². The van der Waals surface area contributed by atoms with E-state index >= 15 is 0 Å². The summed E-state index contributed by atoms with van der Waals surface area (Å²) >= 11 is 6.09. The van der Waals surface area contributed by atoms with Crippen molar-refractivity contribution in [3.05, 3.63) is 69.2 Å². The zero-order valence-corrected chi connectivity index (χ0v) is 14.1. The molecule has 2 heteroatoms. The highest BCUT2D eigenvalue weighted by molar-refractivity contribution is 6.30. The molecule has 2 aromatic carbocycles. The van der Waals surface area contributed by atoms with Gasteiger partial charge in [-0.15, -0.1) is 0 Å². The van der Waals surface area contributed by atoms with Crippen molar-refractivity contribution in [1.82, 2.24) is 5.32 Å². The standard InChI is InChI=1S/C19H24ClN/c1-5-21-19(17-10-9-16(20)11-15(17)4)12-18-13(2)7-6-8-14(18)3/h6-11,19,21H,5,12H2,1-4H3. The number of hydrogen-bond acceptors (Lipinski definition) is 1. The summed E-state index contributed by atoms with van der Waals surface area (Å²) in [6, 6.07) is 13.0. The minimum atomic E-state index is 0.326. The number of benzene rings is 2. The molecule has 2 aromatic rings. The van der Waals surface area contributed by atoms with Crippen molar-refractivity contribution in [3.8, 4) is 0 Å². The van der Waals surface area contributed by atoms with Gasteiger partial charge in [0.1, 0.15) is 0 Å². The molecule has 0 saturated heterocycles. The monoisotopic (exact) mass is 301 g/mol. The van der Waals surface area contributed by atoms with Gasteiger partial charge < -0.3 is 5.32 Å². The van der Waals surface area contributed by atoms with E-state index in [-0.39, 0.29) is 0 Å². The molecular weight excluding hydrogens is 278 g/mol. The van der Waals surface area contributed by atoms with Crippen LogP contribution in [-0.2, 0) is 6.42 Å². The first-order valence-electron chi connectivity index (χ1n) is 7.57. The fourth-order valence-corrected chi connectivity index (χ4v) is 3.17. The lowest BCUT2D eigenvalue weighted by molar-refractivity contribution is 0.545. The lowest BCUT2D eigenvalue weighted by Gasteiger charge is -2.22. The fourth-order valence-electron chi connectivity index (χ4n) is 2.94. The van der Waals surface area contributed by atoms with E-state index in [1.165, 1.54) is 27.8 Å². The Morgan fingerprint density at radius 2 is 1.67 bits per heavy atom. The Morgan fingerprint density at radius 3 is 2.24 bits per heavy atom. The predicted molar refractivity (Wildman–Crippen MR) is 92.2 cm³/mol. The Hall–Kier alpha value is -1.31. The van der Waals surface area contributed by atoms with E-state index < -0.39 is 0 Å². The number of halogens is 1. The van der Waals surface area contributed by atoms with Crippen molar-refractivity contribution in [2.75, 3.05) is 6.54 Å². The molecular formula is C19H24ClN. The van der Waals surface area contributed by atoms with Crippen molar-refractivity contribution in [2.24, 2.45) is 0 Å². The van der Waals surface area contributed by atoms with Crippen LogP contribution in [0, 0.1) is 20.8 Å². The lowest BCUT2D eigenvalue weighted by atomic mass is 9.91. The molecule has 0 aliphatic heterocycles. The minimum Gasteiger partial charge on any atom is -0.310 e. The SMILES string of the molecule is CCNC(Cc1c(C)cccc1C)c1ccc(Cl)cc1C.